The van der Waals surface area contributed by atoms with E-state index in [2.05, 4.69) is 15.9 Å². The molecule has 1 saturated heterocycles. The van der Waals surface area contributed by atoms with E-state index in [1.54, 1.807) is 24.3 Å². The lowest BCUT2D eigenvalue weighted by molar-refractivity contribution is 0.0686. The van der Waals surface area contributed by atoms with Gasteiger partial charge in [-0.1, -0.05) is 30.3 Å². The maximum absolute atomic E-state index is 14.2. The maximum Gasteiger partial charge on any atom is 0.335 e. The number of hydrogen-bond donors (Lipinski definition) is 2. The van der Waals surface area contributed by atoms with Gasteiger partial charge in [0.1, 0.15) is 29.7 Å². The lowest BCUT2D eigenvalue weighted by Crippen LogP contribution is -2.47. The monoisotopic (exact) mass is 673 g/mol. The Hall–Kier alpha value is -5.00. The summed E-state index contributed by atoms with van der Waals surface area (Å²) in [6.45, 7) is 6.60. The third-order valence-corrected chi connectivity index (χ3v) is 8.55. The van der Waals surface area contributed by atoms with Crippen LogP contribution in [-0.2, 0) is 13.0 Å². The normalized spacial score (nSPS) is 13.4. The molecule has 4 aromatic rings. The van der Waals surface area contributed by atoms with E-state index in [9.17, 15) is 23.5 Å². The largest absolute Gasteiger partial charge is 0.493 e. The number of carbonyl (C=O) groups is 2. The van der Waals surface area contributed by atoms with Gasteiger partial charge in [-0.05, 0) is 78.6 Å². The molecule has 2 N–H and O–H groups in total. The summed E-state index contributed by atoms with van der Waals surface area (Å²) in [4.78, 5) is 29.0. The number of anilines is 1. The van der Waals surface area contributed by atoms with Gasteiger partial charge in [-0.3, -0.25) is 9.80 Å². The molecule has 49 heavy (non-hydrogen) atoms. The summed E-state index contributed by atoms with van der Waals surface area (Å²) in [5, 5.41) is 18.4. The van der Waals surface area contributed by atoms with Crippen LogP contribution in [0.5, 0.6) is 11.5 Å². The Balaban J connectivity index is 1.11. The number of aromatic carboxylic acids is 2. The summed E-state index contributed by atoms with van der Waals surface area (Å²) < 4.78 is 39.7. The predicted octanol–water partition coefficient (Wildman–Crippen LogP) is 6.08. The van der Waals surface area contributed by atoms with E-state index in [4.69, 9.17) is 14.6 Å². The minimum atomic E-state index is -0.993. The van der Waals surface area contributed by atoms with Gasteiger partial charge in [0.15, 0.2) is 0 Å². The number of carboxylic acid groups (broad SMARTS) is 2. The smallest absolute Gasteiger partial charge is 0.335 e. The molecule has 5 rings (SSSR count). The summed E-state index contributed by atoms with van der Waals surface area (Å²) in [5.41, 5.74) is 2.92. The van der Waals surface area contributed by atoms with Gasteiger partial charge in [-0.15, -0.1) is 0 Å². The number of piperazine rings is 1. The highest BCUT2D eigenvalue weighted by Crippen LogP contribution is 2.23. The number of hydrogen-bond acceptors (Lipinski definition) is 7. The Morgan fingerprint density at radius 3 is 2.10 bits per heavy atom. The summed E-state index contributed by atoms with van der Waals surface area (Å²) in [6, 6.07) is 24.8. The van der Waals surface area contributed by atoms with E-state index in [0.29, 0.717) is 57.4 Å². The second kappa shape index (κ2) is 17.4. The first-order valence-electron chi connectivity index (χ1n) is 16.4. The highest BCUT2D eigenvalue weighted by atomic mass is 19.1. The minimum absolute atomic E-state index is 0.193. The molecule has 1 aliphatic heterocycles. The van der Waals surface area contributed by atoms with Crippen LogP contribution in [-0.4, -0.2) is 91.0 Å². The molecule has 258 valence electrons. The van der Waals surface area contributed by atoms with Crippen molar-refractivity contribution in [2.75, 3.05) is 63.9 Å². The highest BCUT2D eigenvalue weighted by molar-refractivity contribution is 5.88. The van der Waals surface area contributed by atoms with Crippen molar-refractivity contribution in [1.82, 2.24) is 9.80 Å². The molecule has 11 heteroatoms. The summed E-state index contributed by atoms with van der Waals surface area (Å²) in [6.07, 6.45) is 1.56. The lowest BCUT2D eigenvalue weighted by atomic mass is 10.1. The number of halogens is 2. The van der Waals surface area contributed by atoms with Crippen molar-refractivity contribution in [3.8, 4) is 11.5 Å². The quantitative estimate of drug-likeness (QED) is 0.129. The van der Waals surface area contributed by atoms with E-state index in [1.807, 2.05) is 35.2 Å². The first kappa shape index (κ1) is 35.3. The van der Waals surface area contributed by atoms with Crippen LogP contribution < -0.4 is 14.4 Å². The second-order valence-electron chi connectivity index (χ2n) is 11.9. The standard InChI is InChI=1S/C38H41F2N3O6/c39-32-12-15-35(34(40)26-32)43-21-19-41(20-22-43)17-3-24-49-36-5-2-1-4-29(36)16-18-42(27-28-6-8-30(9-7-28)37(44)45)23-25-48-33-13-10-31(11-14-33)38(46)47/h1-2,4-15,26H,3,16-25,27H2,(H,44,45)(H,46,47). The van der Waals surface area contributed by atoms with Crippen LogP contribution in [0.2, 0.25) is 0 Å². The fourth-order valence-corrected chi connectivity index (χ4v) is 5.82. The summed E-state index contributed by atoms with van der Waals surface area (Å²) in [5.74, 6) is -1.65. The molecule has 1 fully saturated rings. The zero-order valence-corrected chi connectivity index (χ0v) is 27.3. The van der Waals surface area contributed by atoms with Gasteiger partial charge in [0, 0.05) is 58.4 Å². The topological polar surface area (TPSA) is 103 Å². The van der Waals surface area contributed by atoms with E-state index in [1.165, 1.54) is 24.3 Å². The second-order valence-corrected chi connectivity index (χ2v) is 11.9. The minimum Gasteiger partial charge on any atom is -0.493 e. The molecule has 0 bridgehead atoms. The number of carboxylic acids is 2. The molecule has 1 heterocycles. The van der Waals surface area contributed by atoms with E-state index < -0.39 is 23.6 Å². The van der Waals surface area contributed by atoms with Gasteiger partial charge < -0.3 is 24.6 Å². The summed E-state index contributed by atoms with van der Waals surface area (Å²) in [7, 11) is 0. The number of ether oxygens (including phenoxy) is 2. The van der Waals surface area contributed by atoms with Crippen LogP contribution >= 0.6 is 0 Å². The first-order chi connectivity index (χ1) is 23.7. The van der Waals surface area contributed by atoms with E-state index in [-0.39, 0.29) is 11.1 Å². The van der Waals surface area contributed by atoms with Crippen molar-refractivity contribution in [2.24, 2.45) is 0 Å². The molecule has 0 aliphatic carbocycles. The van der Waals surface area contributed by atoms with Crippen LogP contribution in [0.4, 0.5) is 14.5 Å². The Labute approximate surface area is 284 Å². The van der Waals surface area contributed by atoms with Crippen molar-refractivity contribution >= 4 is 17.6 Å². The van der Waals surface area contributed by atoms with Crippen molar-refractivity contribution in [3.63, 3.8) is 0 Å². The molecule has 4 aromatic carbocycles. The molecular formula is C38H41F2N3O6. The number of para-hydroxylation sites is 1. The van der Waals surface area contributed by atoms with Gasteiger partial charge >= 0.3 is 11.9 Å². The molecule has 0 unspecified atom stereocenters. The van der Waals surface area contributed by atoms with Crippen LogP contribution in [0.3, 0.4) is 0 Å². The number of benzene rings is 4. The molecule has 0 radical (unpaired) electrons. The molecule has 0 atom stereocenters. The Kier molecular flexibility index (Phi) is 12.5. The lowest BCUT2D eigenvalue weighted by Gasteiger charge is -2.36. The van der Waals surface area contributed by atoms with Crippen LogP contribution in [0, 0.1) is 11.6 Å². The zero-order valence-electron chi connectivity index (χ0n) is 27.3. The first-order valence-corrected chi connectivity index (χ1v) is 16.4. The molecule has 1 aliphatic rings. The Morgan fingerprint density at radius 1 is 0.755 bits per heavy atom. The van der Waals surface area contributed by atoms with Gasteiger partial charge in [-0.2, -0.15) is 0 Å². The van der Waals surface area contributed by atoms with Gasteiger partial charge in [0.05, 0.1) is 23.4 Å². The summed E-state index contributed by atoms with van der Waals surface area (Å²) >= 11 is 0. The van der Waals surface area contributed by atoms with Crippen LogP contribution in [0.15, 0.2) is 91.0 Å². The highest BCUT2D eigenvalue weighted by Gasteiger charge is 2.20. The fraction of sp³-hybridized carbons (Fsp3) is 0.316. The average molecular weight is 674 g/mol. The van der Waals surface area contributed by atoms with E-state index in [0.717, 1.165) is 55.4 Å². The van der Waals surface area contributed by atoms with Crippen LogP contribution in [0.25, 0.3) is 0 Å². The Bertz CT molecular complexity index is 1680. The predicted molar refractivity (Wildman–Crippen MR) is 183 cm³/mol. The number of nitrogens with zero attached hydrogens (tertiary/aromatic N) is 3. The van der Waals surface area contributed by atoms with Crippen molar-refractivity contribution < 1.29 is 38.1 Å². The molecule has 9 nitrogen and oxygen atoms in total. The molecule has 0 spiro atoms. The SMILES string of the molecule is O=C(O)c1ccc(CN(CCOc2ccc(C(=O)O)cc2)CCc2ccccc2OCCCN2CCN(c3ccc(F)cc3F)CC2)cc1. The van der Waals surface area contributed by atoms with Gasteiger partial charge in [-0.25, -0.2) is 18.4 Å². The van der Waals surface area contributed by atoms with E-state index >= 15 is 0 Å². The molecule has 0 saturated carbocycles. The third-order valence-electron chi connectivity index (χ3n) is 8.55. The average Bonchev–Trinajstić information content (AvgIpc) is 3.10. The van der Waals surface area contributed by atoms with Gasteiger partial charge in [0.2, 0.25) is 0 Å². The van der Waals surface area contributed by atoms with Crippen LogP contribution in [0.1, 0.15) is 38.3 Å². The maximum atomic E-state index is 14.2. The Morgan fingerprint density at radius 2 is 1.43 bits per heavy atom. The number of rotatable bonds is 17. The van der Waals surface area contributed by atoms with Gasteiger partial charge in [0.25, 0.3) is 0 Å². The molecule has 0 aromatic heterocycles. The molecular weight excluding hydrogens is 632 g/mol. The van der Waals surface area contributed by atoms with Crippen molar-refractivity contribution in [1.29, 1.82) is 0 Å². The zero-order chi connectivity index (χ0) is 34.6. The van der Waals surface area contributed by atoms with Crippen molar-refractivity contribution in [3.05, 3.63) is 125 Å². The fourth-order valence-electron chi connectivity index (χ4n) is 5.82. The third kappa shape index (κ3) is 10.5. The molecule has 0 amide bonds. The van der Waals surface area contributed by atoms with Crippen molar-refractivity contribution in [2.45, 2.75) is 19.4 Å².